The highest BCUT2D eigenvalue weighted by Gasteiger charge is 2.31. The predicted molar refractivity (Wildman–Crippen MR) is 53.3 cm³/mol. The van der Waals surface area contributed by atoms with E-state index in [0.29, 0.717) is 0 Å². The molecule has 2 nitrogen and oxygen atoms in total. The van der Waals surface area contributed by atoms with Crippen LogP contribution in [0.15, 0.2) is 12.1 Å². The highest BCUT2D eigenvalue weighted by molar-refractivity contribution is 6.69. The summed E-state index contributed by atoms with van der Waals surface area (Å²) in [5.41, 5.74) is -0.264. The fourth-order valence-electron chi connectivity index (χ4n) is 0.930. The maximum atomic E-state index is 11.9. The van der Waals surface area contributed by atoms with Crippen LogP contribution in [0.2, 0.25) is 10.0 Å². The van der Waals surface area contributed by atoms with E-state index in [1.807, 2.05) is 0 Å². The van der Waals surface area contributed by atoms with E-state index in [2.05, 4.69) is 4.74 Å². The minimum atomic E-state index is -4.86. The van der Waals surface area contributed by atoms with Crippen molar-refractivity contribution in [1.29, 1.82) is 0 Å². The van der Waals surface area contributed by atoms with Crippen molar-refractivity contribution in [3.8, 4) is 5.75 Å². The molecule has 1 aromatic rings. The number of alkyl halides is 3. The molecular weight excluding hydrogens is 291 g/mol. The van der Waals surface area contributed by atoms with Gasteiger partial charge < -0.3 is 4.74 Å². The molecular formula is C8H2Cl3F3O2. The summed E-state index contributed by atoms with van der Waals surface area (Å²) in [5.74, 6) is -0.621. The van der Waals surface area contributed by atoms with Crippen LogP contribution >= 0.6 is 34.8 Å². The van der Waals surface area contributed by atoms with E-state index < -0.39 is 17.4 Å². The number of carbonyl (C=O) groups is 1. The molecule has 0 bridgehead atoms. The van der Waals surface area contributed by atoms with Crippen molar-refractivity contribution in [3.63, 3.8) is 0 Å². The van der Waals surface area contributed by atoms with Crippen molar-refractivity contribution in [3.05, 3.63) is 27.7 Å². The monoisotopic (exact) mass is 292 g/mol. The lowest BCUT2D eigenvalue weighted by Gasteiger charge is -2.10. The number of hydrogen-bond acceptors (Lipinski definition) is 2. The zero-order chi connectivity index (χ0) is 12.5. The van der Waals surface area contributed by atoms with Crippen LogP contribution in [0.25, 0.3) is 0 Å². The molecule has 0 fully saturated rings. The highest BCUT2D eigenvalue weighted by Crippen LogP contribution is 2.33. The summed E-state index contributed by atoms with van der Waals surface area (Å²) >= 11 is 16.2. The molecule has 88 valence electrons. The first-order chi connectivity index (χ1) is 7.20. The summed E-state index contributed by atoms with van der Waals surface area (Å²) in [6.07, 6.45) is -4.86. The van der Waals surface area contributed by atoms with Crippen molar-refractivity contribution in [1.82, 2.24) is 0 Å². The van der Waals surface area contributed by atoms with Crippen LogP contribution in [-0.4, -0.2) is 11.6 Å². The van der Waals surface area contributed by atoms with Crippen LogP contribution in [-0.2, 0) is 0 Å². The Labute approximate surface area is 103 Å². The molecule has 0 N–H and O–H groups in total. The summed E-state index contributed by atoms with van der Waals surface area (Å²) < 4.78 is 39.2. The van der Waals surface area contributed by atoms with Crippen LogP contribution in [0.1, 0.15) is 10.4 Å². The van der Waals surface area contributed by atoms with E-state index in [9.17, 15) is 18.0 Å². The Morgan fingerprint density at radius 1 is 1.19 bits per heavy atom. The number of benzene rings is 1. The summed E-state index contributed by atoms with van der Waals surface area (Å²) in [5, 5.41) is -1.59. The van der Waals surface area contributed by atoms with E-state index in [1.54, 1.807) is 0 Å². The van der Waals surface area contributed by atoms with Crippen LogP contribution in [0.4, 0.5) is 13.2 Å². The van der Waals surface area contributed by atoms with Gasteiger partial charge in [0.15, 0.2) is 0 Å². The zero-order valence-corrected chi connectivity index (χ0v) is 9.51. The first kappa shape index (κ1) is 13.4. The Balaban J connectivity index is 3.15. The lowest BCUT2D eigenvalue weighted by molar-refractivity contribution is -0.274. The Kier molecular flexibility index (Phi) is 3.93. The van der Waals surface area contributed by atoms with Crippen LogP contribution < -0.4 is 4.74 Å². The van der Waals surface area contributed by atoms with Gasteiger partial charge >= 0.3 is 6.36 Å². The molecule has 0 aliphatic rings. The third-order valence-corrected chi connectivity index (χ3v) is 2.23. The number of halogens is 6. The Hall–Kier alpha value is -0.650. The van der Waals surface area contributed by atoms with Crippen molar-refractivity contribution < 1.29 is 22.7 Å². The van der Waals surface area contributed by atoms with Gasteiger partial charge in [-0.1, -0.05) is 23.2 Å². The molecule has 0 aliphatic carbocycles. The van der Waals surface area contributed by atoms with Crippen molar-refractivity contribution >= 4 is 40.0 Å². The third kappa shape index (κ3) is 3.43. The molecule has 8 heteroatoms. The molecule has 0 unspecified atom stereocenters. The molecule has 0 radical (unpaired) electrons. The van der Waals surface area contributed by atoms with E-state index >= 15 is 0 Å². The maximum absolute atomic E-state index is 11.9. The molecule has 0 saturated heterocycles. The minimum absolute atomic E-state index is 0.264. The number of rotatable bonds is 2. The van der Waals surface area contributed by atoms with Crippen LogP contribution in [0.3, 0.4) is 0 Å². The molecule has 1 aromatic carbocycles. The van der Waals surface area contributed by atoms with Crippen molar-refractivity contribution in [2.75, 3.05) is 0 Å². The van der Waals surface area contributed by atoms with Gasteiger partial charge in [0.05, 0.1) is 15.6 Å². The van der Waals surface area contributed by atoms with E-state index in [1.165, 1.54) is 0 Å². The van der Waals surface area contributed by atoms with Gasteiger partial charge in [0.25, 0.3) is 5.24 Å². The Morgan fingerprint density at radius 3 is 1.94 bits per heavy atom. The summed E-state index contributed by atoms with van der Waals surface area (Å²) in [4.78, 5) is 10.8. The van der Waals surface area contributed by atoms with Gasteiger partial charge in [0.1, 0.15) is 5.75 Å². The molecule has 0 heterocycles. The normalized spacial score (nSPS) is 11.4. The predicted octanol–water partition coefficient (Wildman–Crippen LogP) is 4.27. The lowest BCUT2D eigenvalue weighted by atomic mass is 10.2. The fourth-order valence-corrected chi connectivity index (χ4v) is 1.87. The van der Waals surface area contributed by atoms with Crippen LogP contribution in [0.5, 0.6) is 5.75 Å². The molecule has 0 aromatic heterocycles. The van der Waals surface area contributed by atoms with E-state index in [4.69, 9.17) is 34.8 Å². The lowest BCUT2D eigenvalue weighted by Crippen LogP contribution is -2.17. The Bertz CT molecular complexity index is 408. The molecule has 0 atom stereocenters. The first-order valence-corrected chi connectivity index (χ1v) is 4.78. The second kappa shape index (κ2) is 4.69. The summed E-state index contributed by atoms with van der Waals surface area (Å²) in [7, 11) is 0. The van der Waals surface area contributed by atoms with Crippen LogP contribution in [0, 0.1) is 0 Å². The molecule has 16 heavy (non-hydrogen) atoms. The van der Waals surface area contributed by atoms with Gasteiger partial charge in [-0.2, -0.15) is 0 Å². The largest absolute Gasteiger partial charge is 0.573 e. The Morgan fingerprint density at radius 2 is 1.62 bits per heavy atom. The second-order valence-corrected chi connectivity index (χ2v) is 3.74. The standard InChI is InChI=1S/C8H2Cl3F3O2/c9-4-1-3(16-8(12,13)14)2-5(10)6(4)7(11)15/h1-2H. The van der Waals surface area contributed by atoms with E-state index in [0.717, 1.165) is 12.1 Å². The van der Waals surface area contributed by atoms with E-state index in [-0.39, 0.29) is 15.6 Å². The van der Waals surface area contributed by atoms with Gasteiger partial charge in [-0.05, 0) is 11.6 Å². The zero-order valence-electron chi connectivity index (χ0n) is 7.24. The molecule has 0 saturated carbocycles. The van der Waals surface area contributed by atoms with Gasteiger partial charge in [0, 0.05) is 12.1 Å². The average Bonchev–Trinajstić information content (AvgIpc) is 1.96. The summed E-state index contributed by atoms with van der Waals surface area (Å²) in [6, 6.07) is 1.60. The first-order valence-electron chi connectivity index (χ1n) is 3.65. The fraction of sp³-hybridized carbons (Fsp3) is 0.125. The van der Waals surface area contributed by atoms with Gasteiger partial charge in [0.2, 0.25) is 0 Å². The van der Waals surface area contributed by atoms with Gasteiger partial charge in [-0.25, -0.2) is 0 Å². The number of carbonyl (C=O) groups excluding carboxylic acids is 1. The summed E-state index contributed by atoms with van der Waals surface area (Å²) in [6.45, 7) is 0. The third-order valence-electron chi connectivity index (χ3n) is 1.45. The second-order valence-electron chi connectivity index (χ2n) is 2.58. The van der Waals surface area contributed by atoms with Gasteiger partial charge in [-0.15, -0.1) is 13.2 Å². The maximum Gasteiger partial charge on any atom is 0.573 e. The minimum Gasteiger partial charge on any atom is -0.406 e. The van der Waals surface area contributed by atoms with Crippen molar-refractivity contribution in [2.45, 2.75) is 6.36 Å². The number of ether oxygens (including phenoxy) is 1. The molecule has 0 spiro atoms. The quantitative estimate of drug-likeness (QED) is 0.761. The molecule has 1 rings (SSSR count). The number of hydrogen-bond donors (Lipinski definition) is 0. The smallest absolute Gasteiger partial charge is 0.406 e. The SMILES string of the molecule is O=C(Cl)c1c(Cl)cc(OC(F)(F)F)cc1Cl. The topological polar surface area (TPSA) is 26.3 Å². The van der Waals surface area contributed by atoms with Crippen molar-refractivity contribution in [2.24, 2.45) is 0 Å². The molecule has 0 aliphatic heterocycles. The molecule has 0 amide bonds. The highest BCUT2D eigenvalue weighted by atomic mass is 35.5. The average molecular weight is 293 g/mol. The van der Waals surface area contributed by atoms with Gasteiger partial charge in [-0.3, -0.25) is 4.79 Å².